The fraction of sp³-hybridized carbons (Fsp3) is 0.316. The smallest absolute Gasteiger partial charge is 0.253 e. The number of carbonyl (C=O) groups is 1. The molecule has 1 aromatic heterocycles. The largest absolute Gasteiger partial charge is 0.488 e. The van der Waals surface area contributed by atoms with Gasteiger partial charge >= 0.3 is 0 Å². The number of hydrogen-bond acceptors (Lipinski definition) is 5. The third-order valence-corrected chi connectivity index (χ3v) is 4.67. The second-order valence-electron chi connectivity index (χ2n) is 6.23. The molecule has 4 rings (SSSR count). The Morgan fingerprint density at radius 3 is 3.08 bits per heavy atom. The maximum absolute atomic E-state index is 13.1. The van der Waals surface area contributed by atoms with Crippen molar-refractivity contribution in [1.82, 2.24) is 14.9 Å². The summed E-state index contributed by atoms with van der Waals surface area (Å²) in [5.74, 6) is 1.56. The van der Waals surface area contributed by atoms with Gasteiger partial charge in [0.25, 0.3) is 5.91 Å². The lowest BCUT2D eigenvalue weighted by molar-refractivity contribution is -0.128. The minimum atomic E-state index is -0.0358. The minimum Gasteiger partial charge on any atom is -0.488 e. The molecule has 1 N–H and O–H groups in total. The number of nitrogens with one attached hydrogen (secondary N) is 1. The average Bonchev–Trinajstić information content (AvgIpc) is 3.17. The fourth-order valence-corrected chi connectivity index (χ4v) is 3.40. The molecular formula is C19H20N4O2. The quantitative estimate of drug-likeness (QED) is 0.933. The number of fused-ring (bicyclic) bond motifs is 1. The molecule has 1 atom stereocenters. The van der Waals surface area contributed by atoms with Crippen LogP contribution in [-0.4, -0.2) is 41.0 Å². The number of carbonyl (C=O) groups excluding carboxylic acids is 1. The van der Waals surface area contributed by atoms with Crippen LogP contribution in [0.2, 0.25) is 0 Å². The summed E-state index contributed by atoms with van der Waals surface area (Å²) in [5.41, 5.74) is 2.46. The van der Waals surface area contributed by atoms with Gasteiger partial charge in [-0.2, -0.15) is 0 Å². The number of hydrogen-bond donors (Lipinski definition) is 1. The highest BCUT2D eigenvalue weighted by Crippen LogP contribution is 2.34. The first-order valence-corrected chi connectivity index (χ1v) is 8.49. The Morgan fingerprint density at radius 1 is 1.32 bits per heavy atom. The van der Waals surface area contributed by atoms with E-state index in [1.165, 1.54) is 0 Å². The van der Waals surface area contributed by atoms with Crippen molar-refractivity contribution in [3.05, 3.63) is 53.5 Å². The summed E-state index contributed by atoms with van der Waals surface area (Å²) in [6.07, 6.45) is 7.23. The van der Waals surface area contributed by atoms with E-state index < -0.39 is 0 Å². The van der Waals surface area contributed by atoms with Gasteiger partial charge in [-0.1, -0.05) is 18.2 Å². The van der Waals surface area contributed by atoms with Crippen LogP contribution in [0.5, 0.6) is 5.75 Å². The van der Waals surface area contributed by atoms with E-state index in [-0.39, 0.29) is 11.9 Å². The highest BCUT2D eigenvalue weighted by molar-refractivity contribution is 5.99. The summed E-state index contributed by atoms with van der Waals surface area (Å²) >= 11 is 0. The highest BCUT2D eigenvalue weighted by Gasteiger charge is 2.33. The SMILES string of the molecule is CNc1cncc(C2CCCN2C(=O)C2=Cc3ccccc3OC2)n1. The molecule has 1 aromatic carbocycles. The Morgan fingerprint density at radius 2 is 2.20 bits per heavy atom. The van der Waals surface area contributed by atoms with Crippen molar-refractivity contribution in [3.8, 4) is 5.75 Å². The van der Waals surface area contributed by atoms with Crippen LogP contribution >= 0.6 is 0 Å². The van der Waals surface area contributed by atoms with Crippen LogP contribution in [0.15, 0.2) is 42.2 Å². The van der Waals surface area contributed by atoms with Gasteiger partial charge in [0.05, 0.1) is 29.7 Å². The normalized spacial score (nSPS) is 19.0. The zero-order valence-corrected chi connectivity index (χ0v) is 14.1. The Kier molecular flexibility index (Phi) is 4.09. The van der Waals surface area contributed by atoms with E-state index in [4.69, 9.17) is 4.74 Å². The molecule has 2 aliphatic rings. The number of likely N-dealkylation sites (tertiary alicyclic amines) is 1. The summed E-state index contributed by atoms with van der Waals surface area (Å²) in [4.78, 5) is 23.8. The Hall–Kier alpha value is -2.89. The molecule has 6 heteroatoms. The molecule has 0 aliphatic carbocycles. The van der Waals surface area contributed by atoms with Crippen molar-refractivity contribution in [1.29, 1.82) is 0 Å². The first kappa shape index (κ1) is 15.6. The van der Waals surface area contributed by atoms with Gasteiger partial charge in [0, 0.05) is 19.2 Å². The third-order valence-electron chi connectivity index (χ3n) is 4.67. The Bertz CT molecular complexity index is 834. The second-order valence-corrected chi connectivity index (χ2v) is 6.23. The molecule has 0 bridgehead atoms. The summed E-state index contributed by atoms with van der Waals surface area (Å²) < 4.78 is 5.74. The molecule has 0 radical (unpaired) electrons. The molecule has 1 amide bonds. The van der Waals surface area contributed by atoms with E-state index >= 15 is 0 Å². The van der Waals surface area contributed by atoms with E-state index in [1.807, 2.05) is 42.3 Å². The molecule has 2 aliphatic heterocycles. The van der Waals surface area contributed by atoms with Gasteiger partial charge in [-0.05, 0) is 25.0 Å². The predicted octanol–water partition coefficient (Wildman–Crippen LogP) is 2.66. The van der Waals surface area contributed by atoms with Crippen LogP contribution in [0.25, 0.3) is 6.08 Å². The van der Waals surface area contributed by atoms with Crippen molar-refractivity contribution >= 4 is 17.8 Å². The third kappa shape index (κ3) is 2.95. The van der Waals surface area contributed by atoms with Crippen molar-refractivity contribution < 1.29 is 9.53 Å². The highest BCUT2D eigenvalue weighted by atomic mass is 16.5. The molecular weight excluding hydrogens is 316 g/mol. The van der Waals surface area contributed by atoms with E-state index in [0.717, 1.165) is 36.4 Å². The monoisotopic (exact) mass is 336 g/mol. The van der Waals surface area contributed by atoms with Gasteiger partial charge in [-0.25, -0.2) is 4.98 Å². The zero-order chi connectivity index (χ0) is 17.2. The van der Waals surface area contributed by atoms with Gasteiger partial charge in [-0.15, -0.1) is 0 Å². The number of para-hydroxylation sites is 1. The summed E-state index contributed by atoms with van der Waals surface area (Å²) in [6, 6.07) is 7.73. The van der Waals surface area contributed by atoms with E-state index in [2.05, 4.69) is 15.3 Å². The van der Waals surface area contributed by atoms with Crippen molar-refractivity contribution in [2.24, 2.45) is 0 Å². The minimum absolute atomic E-state index is 0.0219. The van der Waals surface area contributed by atoms with Crippen LogP contribution in [0, 0.1) is 0 Å². The maximum atomic E-state index is 13.1. The lowest BCUT2D eigenvalue weighted by Crippen LogP contribution is -2.34. The molecule has 1 unspecified atom stereocenters. The summed E-state index contributed by atoms with van der Waals surface area (Å²) in [5, 5.41) is 3.00. The number of nitrogens with zero attached hydrogens (tertiary/aromatic N) is 3. The van der Waals surface area contributed by atoms with Crippen molar-refractivity contribution in [3.63, 3.8) is 0 Å². The summed E-state index contributed by atoms with van der Waals surface area (Å²) in [7, 11) is 1.81. The van der Waals surface area contributed by atoms with Gasteiger partial charge in [0.15, 0.2) is 0 Å². The standard InChI is InChI=1S/C19H20N4O2/c1-20-18-11-21-10-15(22-18)16-6-4-8-23(16)19(24)14-9-13-5-2-3-7-17(13)25-12-14/h2-3,5,7,9-11,16H,4,6,8,12H2,1H3,(H,20,22). The lowest BCUT2D eigenvalue weighted by atomic mass is 10.1. The van der Waals surface area contributed by atoms with Gasteiger partial charge in [0.1, 0.15) is 18.2 Å². The lowest BCUT2D eigenvalue weighted by Gasteiger charge is -2.27. The van der Waals surface area contributed by atoms with Gasteiger partial charge in [0.2, 0.25) is 0 Å². The van der Waals surface area contributed by atoms with Crippen molar-refractivity contribution in [2.75, 3.05) is 25.5 Å². The van der Waals surface area contributed by atoms with Gasteiger partial charge in [-0.3, -0.25) is 9.78 Å². The molecule has 1 fully saturated rings. The molecule has 0 saturated carbocycles. The summed E-state index contributed by atoms with van der Waals surface area (Å²) in [6.45, 7) is 1.04. The zero-order valence-electron chi connectivity index (χ0n) is 14.1. The Labute approximate surface area is 146 Å². The number of ether oxygens (including phenoxy) is 1. The maximum Gasteiger partial charge on any atom is 0.253 e. The topological polar surface area (TPSA) is 67.4 Å². The van der Waals surface area contributed by atoms with Crippen LogP contribution in [0.1, 0.15) is 30.1 Å². The molecule has 2 aromatic rings. The molecule has 3 heterocycles. The van der Waals surface area contributed by atoms with E-state index in [0.29, 0.717) is 18.0 Å². The van der Waals surface area contributed by atoms with E-state index in [9.17, 15) is 4.79 Å². The van der Waals surface area contributed by atoms with Crippen molar-refractivity contribution in [2.45, 2.75) is 18.9 Å². The van der Waals surface area contributed by atoms with Crippen LogP contribution in [-0.2, 0) is 4.79 Å². The predicted molar refractivity (Wildman–Crippen MR) is 95.2 cm³/mol. The van der Waals surface area contributed by atoms with Gasteiger partial charge < -0.3 is 15.0 Å². The fourth-order valence-electron chi connectivity index (χ4n) is 3.40. The number of amides is 1. The number of benzene rings is 1. The number of aromatic nitrogens is 2. The van der Waals surface area contributed by atoms with Crippen LogP contribution in [0.3, 0.4) is 0 Å². The molecule has 0 spiro atoms. The first-order valence-electron chi connectivity index (χ1n) is 8.49. The number of rotatable bonds is 3. The Balaban J connectivity index is 1.60. The molecule has 1 saturated heterocycles. The van der Waals surface area contributed by atoms with E-state index in [1.54, 1.807) is 12.4 Å². The average molecular weight is 336 g/mol. The van der Waals surface area contributed by atoms with Crippen LogP contribution in [0.4, 0.5) is 5.82 Å². The van der Waals surface area contributed by atoms with Crippen LogP contribution < -0.4 is 10.1 Å². The molecule has 128 valence electrons. The second kappa shape index (κ2) is 6.55. The number of anilines is 1. The first-order chi connectivity index (χ1) is 12.3. The molecule has 6 nitrogen and oxygen atoms in total. The molecule has 25 heavy (non-hydrogen) atoms.